The van der Waals surface area contributed by atoms with Crippen LogP contribution >= 0.6 is 0 Å². The Kier molecular flexibility index (Phi) is 2.63. The van der Waals surface area contributed by atoms with E-state index in [-0.39, 0.29) is 5.76 Å². The molecule has 108 valence electrons. The molecule has 0 aliphatic heterocycles. The van der Waals surface area contributed by atoms with Gasteiger partial charge in [0.15, 0.2) is 5.88 Å². The molecule has 4 nitrogen and oxygen atoms in total. The first-order valence-corrected chi connectivity index (χ1v) is 7.69. The predicted octanol–water partition coefficient (Wildman–Crippen LogP) is 3.61. The van der Waals surface area contributed by atoms with E-state index in [4.69, 9.17) is 9.52 Å². The molecule has 20 heavy (non-hydrogen) atoms. The second-order valence-corrected chi connectivity index (χ2v) is 7.24. The molecule has 0 atom stereocenters. The van der Waals surface area contributed by atoms with Crippen LogP contribution in [0.4, 0.5) is 5.88 Å². The van der Waals surface area contributed by atoms with E-state index in [9.17, 15) is 4.79 Å². The Balaban J connectivity index is 1.45. The lowest BCUT2D eigenvalue weighted by atomic mass is 9.49. The van der Waals surface area contributed by atoms with Crippen molar-refractivity contribution in [3.05, 3.63) is 17.9 Å². The summed E-state index contributed by atoms with van der Waals surface area (Å²) >= 11 is 0. The van der Waals surface area contributed by atoms with Gasteiger partial charge in [0.05, 0.1) is 0 Å². The molecule has 1 aromatic rings. The van der Waals surface area contributed by atoms with Gasteiger partial charge < -0.3 is 14.8 Å². The van der Waals surface area contributed by atoms with E-state index in [2.05, 4.69) is 5.32 Å². The minimum absolute atomic E-state index is 0.0120. The van der Waals surface area contributed by atoms with E-state index in [1.54, 1.807) is 6.07 Å². The molecule has 4 saturated carbocycles. The smallest absolute Gasteiger partial charge is 0.371 e. The summed E-state index contributed by atoms with van der Waals surface area (Å²) in [5, 5.41) is 12.2. The average Bonchev–Trinajstić information content (AvgIpc) is 2.84. The molecule has 0 aromatic carbocycles. The van der Waals surface area contributed by atoms with Crippen LogP contribution in [0.5, 0.6) is 0 Å². The highest BCUT2D eigenvalue weighted by Gasteiger charge is 2.50. The highest BCUT2D eigenvalue weighted by Crippen LogP contribution is 2.59. The number of hydrogen-bond donors (Lipinski definition) is 2. The van der Waals surface area contributed by atoms with E-state index >= 15 is 0 Å². The van der Waals surface area contributed by atoms with E-state index in [0.29, 0.717) is 11.3 Å². The second-order valence-electron chi connectivity index (χ2n) is 7.24. The molecular formula is C16H21NO3. The Morgan fingerprint density at radius 2 is 1.80 bits per heavy atom. The van der Waals surface area contributed by atoms with Crippen molar-refractivity contribution in [3.8, 4) is 0 Å². The number of hydrogen-bond acceptors (Lipinski definition) is 3. The molecule has 0 spiro atoms. The third-order valence-corrected chi connectivity index (χ3v) is 5.62. The summed E-state index contributed by atoms with van der Waals surface area (Å²) in [6.07, 6.45) is 8.38. The molecule has 4 fully saturated rings. The van der Waals surface area contributed by atoms with Crippen LogP contribution in [-0.4, -0.2) is 17.6 Å². The monoisotopic (exact) mass is 275 g/mol. The Hall–Kier alpha value is -1.45. The number of carboxylic acids is 1. The lowest BCUT2D eigenvalue weighted by molar-refractivity contribution is -0.0446. The molecule has 2 N–H and O–H groups in total. The van der Waals surface area contributed by atoms with Gasteiger partial charge in [-0.1, -0.05) is 0 Å². The van der Waals surface area contributed by atoms with Gasteiger partial charge in [0.2, 0.25) is 5.76 Å². The van der Waals surface area contributed by atoms with Gasteiger partial charge in [0.1, 0.15) is 0 Å². The van der Waals surface area contributed by atoms with Crippen LogP contribution in [-0.2, 0) is 0 Å². The average molecular weight is 275 g/mol. The number of carbonyl (C=O) groups is 1. The molecule has 4 bridgehead atoms. The number of rotatable bonds is 4. The van der Waals surface area contributed by atoms with E-state index in [1.165, 1.54) is 44.6 Å². The summed E-state index contributed by atoms with van der Waals surface area (Å²) in [5.74, 6) is 2.42. The van der Waals surface area contributed by atoms with Crippen LogP contribution in [0.25, 0.3) is 0 Å². The number of nitrogens with one attached hydrogen (secondary N) is 1. The van der Waals surface area contributed by atoms with Crippen LogP contribution in [0.2, 0.25) is 0 Å². The third-order valence-electron chi connectivity index (χ3n) is 5.62. The van der Waals surface area contributed by atoms with Gasteiger partial charge in [-0.25, -0.2) is 4.79 Å². The molecule has 4 aliphatic carbocycles. The van der Waals surface area contributed by atoms with Crippen molar-refractivity contribution in [2.45, 2.75) is 38.5 Å². The maximum absolute atomic E-state index is 10.8. The fraction of sp³-hybridized carbons (Fsp3) is 0.688. The molecule has 5 rings (SSSR count). The zero-order chi connectivity index (χ0) is 13.7. The van der Waals surface area contributed by atoms with Gasteiger partial charge in [-0.05, 0) is 67.8 Å². The van der Waals surface area contributed by atoms with Gasteiger partial charge in [0.25, 0.3) is 0 Å². The number of carboxylic acid groups (broad SMARTS) is 1. The molecule has 1 aromatic heterocycles. The molecule has 0 unspecified atom stereocenters. The Bertz CT molecular complexity index is 498. The van der Waals surface area contributed by atoms with Crippen molar-refractivity contribution >= 4 is 11.9 Å². The highest BCUT2D eigenvalue weighted by atomic mass is 16.4. The maximum atomic E-state index is 10.8. The summed E-state index contributed by atoms with van der Waals surface area (Å²) in [6, 6.07) is 3.24. The fourth-order valence-corrected chi connectivity index (χ4v) is 5.33. The third kappa shape index (κ3) is 2.02. The Morgan fingerprint density at radius 3 is 2.30 bits per heavy atom. The minimum Gasteiger partial charge on any atom is -0.475 e. The number of furan rings is 1. The zero-order valence-electron chi connectivity index (χ0n) is 11.6. The lowest BCUT2D eigenvalue weighted by Gasteiger charge is -2.56. The predicted molar refractivity (Wildman–Crippen MR) is 74.8 cm³/mol. The number of anilines is 1. The van der Waals surface area contributed by atoms with Crippen molar-refractivity contribution in [1.29, 1.82) is 0 Å². The molecule has 1 heterocycles. The Morgan fingerprint density at radius 1 is 1.20 bits per heavy atom. The summed E-state index contributed by atoms with van der Waals surface area (Å²) in [7, 11) is 0. The first kappa shape index (κ1) is 12.3. The van der Waals surface area contributed by atoms with Crippen LogP contribution in [0.1, 0.15) is 49.1 Å². The summed E-state index contributed by atoms with van der Waals surface area (Å²) in [6.45, 7) is 0.934. The van der Waals surface area contributed by atoms with Crippen molar-refractivity contribution < 1.29 is 14.3 Å². The quantitative estimate of drug-likeness (QED) is 0.881. The van der Waals surface area contributed by atoms with E-state index in [0.717, 1.165) is 24.3 Å². The number of aromatic carboxylic acids is 1. The topological polar surface area (TPSA) is 62.5 Å². The minimum atomic E-state index is -1.01. The fourth-order valence-electron chi connectivity index (χ4n) is 5.33. The summed E-state index contributed by atoms with van der Waals surface area (Å²) in [5.41, 5.74) is 0.435. The van der Waals surface area contributed by atoms with Crippen molar-refractivity contribution in [3.63, 3.8) is 0 Å². The molecule has 0 radical (unpaired) electrons. The zero-order valence-corrected chi connectivity index (χ0v) is 11.6. The molecular weight excluding hydrogens is 254 g/mol. The van der Waals surface area contributed by atoms with Gasteiger partial charge >= 0.3 is 5.97 Å². The SMILES string of the molecule is O=C(O)c1ccc(NCC23CC4CC(CC(C4)C2)C3)o1. The molecule has 4 aliphatic rings. The van der Waals surface area contributed by atoms with E-state index < -0.39 is 5.97 Å². The van der Waals surface area contributed by atoms with E-state index in [1.807, 2.05) is 0 Å². The van der Waals surface area contributed by atoms with Gasteiger partial charge in [-0.15, -0.1) is 0 Å². The van der Waals surface area contributed by atoms with Gasteiger partial charge in [-0.3, -0.25) is 0 Å². The van der Waals surface area contributed by atoms with Crippen molar-refractivity contribution in [2.24, 2.45) is 23.2 Å². The highest BCUT2D eigenvalue weighted by molar-refractivity contribution is 5.84. The van der Waals surface area contributed by atoms with Crippen molar-refractivity contribution in [1.82, 2.24) is 0 Å². The van der Waals surface area contributed by atoms with Crippen LogP contribution in [0.15, 0.2) is 16.5 Å². The summed E-state index contributed by atoms with van der Waals surface area (Å²) in [4.78, 5) is 10.8. The first-order chi connectivity index (χ1) is 9.62. The first-order valence-electron chi connectivity index (χ1n) is 7.69. The molecule has 4 heteroatoms. The second kappa shape index (κ2) is 4.27. The van der Waals surface area contributed by atoms with Crippen LogP contribution in [0, 0.1) is 23.2 Å². The van der Waals surface area contributed by atoms with Gasteiger partial charge in [-0.2, -0.15) is 0 Å². The van der Waals surface area contributed by atoms with Gasteiger partial charge in [0, 0.05) is 12.6 Å². The lowest BCUT2D eigenvalue weighted by Crippen LogP contribution is -2.49. The van der Waals surface area contributed by atoms with Crippen LogP contribution < -0.4 is 5.32 Å². The molecule has 0 amide bonds. The molecule has 0 saturated heterocycles. The normalized spacial score (nSPS) is 38.1. The standard InChI is InChI=1S/C16H21NO3/c18-15(19)13-1-2-14(20-13)17-9-16-6-10-3-11(7-16)5-12(4-10)8-16/h1-2,10-12,17H,3-9H2,(H,18,19). The van der Waals surface area contributed by atoms with Crippen LogP contribution in [0.3, 0.4) is 0 Å². The Labute approximate surface area is 118 Å². The maximum Gasteiger partial charge on any atom is 0.371 e. The summed E-state index contributed by atoms with van der Waals surface area (Å²) < 4.78 is 5.30. The van der Waals surface area contributed by atoms with Crippen molar-refractivity contribution in [2.75, 3.05) is 11.9 Å². The largest absolute Gasteiger partial charge is 0.475 e.